The van der Waals surface area contributed by atoms with E-state index in [0.29, 0.717) is 0 Å². The summed E-state index contributed by atoms with van der Waals surface area (Å²) in [5.41, 5.74) is 2.13. The third-order valence-electron chi connectivity index (χ3n) is 1.82. The average Bonchev–Trinajstić information content (AvgIpc) is 2.33. The van der Waals surface area contributed by atoms with Gasteiger partial charge in [-0.3, -0.25) is 4.72 Å². The van der Waals surface area contributed by atoms with Crippen molar-refractivity contribution in [2.75, 3.05) is 18.6 Å². The van der Waals surface area contributed by atoms with Gasteiger partial charge in [-0.05, 0) is 30.5 Å². The Kier molecular flexibility index (Phi) is 6.80. The van der Waals surface area contributed by atoms with Gasteiger partial charge in [0, 0.05) is 24.3 Å². The predicted molar refractivity (Wildman–Crippen MR) is 73.0 cm³/mol. The number of thioether (sulfide) groups is 1. The van der Waals surface area contributed by atoms with Crippen LogP contribution in [0, 0.1) is 6.92 Å². The molecule has 0 saturated carbocycles. The van der Waals surface area contributed by atoms with E-state index in [2.05, 4.69) is 20.2 Å². The first kappa shape index (κ1) is 14.1. The van der Waals surface area contributed by atoms with E-state index in [0.717, 1.165) is 23.0 Å². The molecule has 1 aromatic rings. The third-order valence-corrected chi connectivity index (χ3v) is 3.85. The van der Waals surface area contributed by atoms with Crippen molar-refractivity contribution in [3.8, 4) is 0 Å². The van der Waals surface area contributed by atoms with Crippen LogP contribution in [0.1, 0.15) is 11.3 Å². The van der Waals surface area contributed by atoms with Gasteiger partial charge in [-0.2, -0.15) is 22.0 Å². The topological polar surface area (TPSA) is 66.9 Å². The van der Waals surface area contributed by atoms with Gasteiger partial charge in [0.05, 0.1) is 11.9 Å². The van der Waals surface area contributed by atoms with Gasteiger partial charge in [-0.25, -0.2) is 4.79 Å². The van der Waals surface area contributed by atoms with Crippen LogP contribution >= 0.6 is 23.7 Å². The molecule has 0 saturated heterocycles. The van der Waals surface area contributed by atoms with Crippen molar-refractivity contribution in [2.24, 2.45) is 0 Å². The summed E-state index contributed by atoms with van der Waals surface area (Å²) in [7, 11) is 1.60. The number of nitrogens with one attached hydrogen (secondary N) is 2. The lowest BCUT2D eigenvalue weighted by atomic mass is 10.3. The first-order chi connectivity index (χ1) is 8.22. The summed E-state index contributed by atoms with van der Waals surface area (Å²) in [4.78, 5) is 10.8. The van der Waals surface area contributed by atoms with Gasteiger partial charge < -0.3 is 5.32 Å². The Balaban J connectivity index is 2.06. The normalized spacial score (nSPS) is 10.0. The Morgan fingerprint density at radius 1 is 1.47 bits per heavy atom. The lowest BCUT2D eigenvalue weighted by molar-refractivity contribution is 0.248. The molecule has 1 aromatic heterocycles. The summed E-state index contributed by atoms with van der Waals surface area (Å²) in [5, 5.41) is 10.3. The molecule has 0 aromatic carbocycles. The smallest absolute Gasteiger partial charge is 0.324 e. The quantitative estimate of drug-likeness (QED) is 0.608. The summed E-state index contributed by atoms with van der Waals surface area (Å²) >= 11 is 3.23. The molecule has 2 N–H and O–H groups in total. The Labute approximate surface area is 110 Å². The zero-order valence-corrected chi connectivity index (χ0v) is 11.5. The van der Waals surface area contributed by atoms with Crippen LogP contribution in [-0.4, -0.2) is 34.8 Å². The molecule has 1 rings (SSSR count). The molecule has 0 spiro atoms. The molecule has 17 heavy (non-hydrogen) atoms. The molecule has 0 fully saturated rings. The molecule has 0 unspecified atom stereocenters. The van der Waals surface area contributed by atoms with E-state index >= 15 is 0 Å². The lowest BCUT2D eigenvalue weighted by Crippen LogP contribution is -2.27. The average molecular weight is 272 g/mol. The molecule has 0 aliphatic rings. The van der Waals surface area contributed by atoms with Crippen LogP contribution in [0.15, 0.2) is 12.3 Å². The number of urea groups is 1. The van der Waals surface area contributed by atoms with Crippen LogP contribution in [0.4, 0.5) is 4.79 Å². The molecule has 0 aliphatic heterocycles. The van der Waals surface area contributed by atoms with Crippen molar-refractivity contribution in [1.29, 1.82) is 0 Å². The number of amides is 2. The van der Waals surface area contributed by atoms with Gasteiger partial charge in [0.25, 0.3) is 0 Å². The van der Waals surface area contributed by atoms with Crippen LogP contribution in [0.5, 0.6) is 0 Å². The van der Waals surface area contributed by atoms with Crippen LogP contribution in [0.2, 0.25) is 0 Å². The highest BCUT2D eigenvalue weighted by atomic mass is 32.2. The zero-order chi connectivity index (χ0) is 12.5. The number of aryl methyl sites for hydroxylation is 1. The number of carbonyl (C=O) groups excluding carboxylic acids is 1. The first-order valence-electron chi connectivity index (χ1n) is 5.18. The van der Waals surface area contributed by atoms with E-state index in [1.54, 1.807) is 13.2 Å². The van der Waals surface area contributed by atoms with Crippen molar-refractivity contribution >= 4 is 29.7 Å². The summed E-state index contributed by atoms with van der Waals surface area (Å²) in [6, 6.07) is 1.88. The third kappa shape index (κ3) is 6.38. The monoisotopic (exact) mass is 272 g/mol. The highest BCUT2D eigenvalue weighted by Crippen LogP contribution is 2.12. The molecule has 5 nitrogen and oxygen atoms in total. The molecule has 2 amide bonds. The number of hydrogen-bond donors (Lipinski definition) is 2. The fourth-order valence-electron chi connectivity index (χ4n) is 1.07. The Bertz CT molecular complexity index is 362. The number of aromatic nitrogens is 2. The maximum absolute atomic E-state index is 10.8. The standard InChI is InChI=1S/C10H16N4OS2/c1-8-5-9(6-12-13-8)7-16-3-4-17-14-10(15)11-2/h5-6H,3-4,7H2,1-2H3,(H2,11,14,15). The van der Waals surface area contributed by atoms with Gasteiger partial charge in [-0.15, -0.1) is 0 Å². The van der Waals surface area contributed by atoms with Crippen molar-refractivity contribution in [1.82, 2.24) is 20.2 Å². The Hall–Kier alpha value is -0.950. The fourth-order valence-corrected chi connectivity index (χ4v) is 2.74. The van der Waals surface area contributed by atoms with Crippen molar-refractivity contribution in [3.63, 3.8) is 0 Å². The van der Waals surface area contributed by atoms with E-state index in [1.807, 2.05) is 24.8 Å². The number of nitrogens with zero attached hydrogens (tertiary/aromatic N) is 2. The van der Waals surface area contributed by atoms with Gasteiger partial charge in [0.15, 0.2) is 0 Å². The fraction of sp³-hybridized carbons (Fsp3) is 0.500. The Morgan fingerprint density at radius 2 is 2.29 bits per heavy atom. The molecule has 0 aliphatic carbocycles. The number of carbonyl (C=O) groups is 1. The first-order valence-corrected chi connectivity index (χ1v) is 7.32. The Morgan fingerprint density at radius 3 is 3.00 bits per heavy atom. The maximum atomic E-state index is 10.8. The van der Waals surface area contributed by atoms with Gasteiger partial charge in [0.2, 0.25) is 0 Å². The second-order valence-corrected chi connectivity index (χ2v) is 5.29. The molecule has 0 atom stereocenters. The molecular weight excluding hydrogens is 256 g/mol. The molecule has 7 heteroatoms. The molecular formula is C10H16N4OS2. The minimum Gasteiger partial charge on any atom is -0.341 e. The molecule has 0 bridgehead atoms. The highest BCUT2D eigenvalue weighted by molar-refractivity contribution is 8.01. The van der Waals surface area contributed by atoms with Crippen molar-refractivity contribution in [3.05, 3.63) is 23.5 Å². The largest absolute Gasteiger partial charge is 0.341 e. The van der Waals surface area contributed by atoms with E-state index in [4.69, 9.17) is 0 Å². The second kappa shape index (κ2) is 8.19. The van der Waals surface area contributed by atoms with Crippen LogP contribution in [0.3, 0.4) is 0 Å². The van der Waals surface area contributed by atoms with Crippen molar-refractivity contribution in [2.45, 2.75) is 12.7 Å². The summed E-state index contributed by atoms with van der Waals surface area (Å²) in [6.07, 6.45) is 1.79. The minimum absolute atomic E-state index is 0.158. The molecule has 1 heterocycles. The summed E-state index contributed by atoms with van der Waals surface area (Å²) in [5.74, 6) is 2.79. The second-order valence-electron chi connectivity index (χ2n) is 3.29. The van der Waals surface area contributed by atoms with E-state index < -0.39 is 0 Å². The number of rotatable bonds is 6. The van der Waals surface area contributed by atoms with E-state index in [9.17, 15) is 4.79 Å². The van der Waals surface area contributed by atoms with E-state index in [1.165, 1.54) is 17.5 Å². The van der Waals surface area contributed by atoms with Crippen LogP contribution < -0.4 is 10.0 Å². The van der Waals surface area contributed by atoms with Gasteiger partial charge in [0.1, 0.15) is 0 Å². The van der Waals surface area contributed by atoms with Crippen LogP contribution in [-0.2, 0) is 5.75 Å². The summed E-state index contributed by atoms with van der Waals surface area (Å²) < 4.78 is 2.67. The number of hydrogen-bond acceptors (Lipinski definition) is 5. The highest BCUT2D eigenvalue weighted by Gasteiger charge is 1.98. The minimum atomic E-state index is -0.158. The van der Waals surface area contributed by atoms with Crippen LogP contribution in [0.25, 0.3) is 0 Å². The maximum Gasteiger partial charge on any atom is 0.324 e. The molecule has 0 radical (unpaired) electrons. The summed E-state index contributed by atoms with van der Waals surface area (Å²) in [6.45, 7) is 1.93. The zero-order valence-electron chi connectivity index (χ0n) is 9.90. The van der Waals surface area contributed by atoms with Gasteiger partial charge >= 0.3 is 6.03 Å². The van der Waals surface area contributed by atoms with Crippen molar-refractivity contribution < 1.29 is 4.79 Å². The molecule has 94 valence electrons. The lowest BCUT2D eigenvalue weighted by Gasteiger charge is -2.03. The van der Waals surface area contributed by atoms with Gasteiger partial charge in [-0.1, -0.05) is 0 Å². The van der Waals surface area contributed by atoms with E-state index in [-0.39, 0.29) is 6.03 Å². The predicted octanol–water partition coefficient (Wildman–Crippen LogP) is 1.60. The SMILES string of the molecule is CNC(=O)NSCCSCc1cnnc(C)c1.